The molecule has 0 unspecified atom stereocenters. The standard InChI is InChI=1S/C61H35N3S/c1-2-10-42(11-3-1)59-62-60(64-61(63-59)50-19-9-21-53-58(50)49-15-4-5-20-52(49)65-53)43-31-26-37(27-32-43)36-22-24-38(25-23-36)45-34-44-33-30-41-13-7-17-47-46-16-6-12-39-28-29-40-14-8-18-48(56(40)54(39)46)51(35-45)57(44)55(41)47/h1-35H. The molecule has 2 heterocycles. The van der Waals surface area contributed by atoms with Crippen LogP contribution in [-0.4, -0.2) is 15.0 Å². The summed E-state index contributed by atoms with van der Waals surface area (Å²) in [6, 6.07) is 77.1. The van der Waals surface area contributed by atoms with Gasteiger partial charge in [0.2, 0.25) is 0 Å². The third kappa shape index (κ3) is 5.64. The van der Waals surface area contributed by atoms with E-state index in [1.807, 2.05) is 18.2 Å². The van der Waals surface area contributed by atoms with Gasteiger partial charge in [-0.3, -0.25) is 0 Å². The highest BCUT2D eigenvalue weighted by atomic mass is 32.1. The van der Waals surface area contributed by atoms with Crippen LogP contribution in [0.15, 0.2) is 212 Å². The van der Waals surface area contributed by atoms with Gasteiger partial charge in [-0.05, 0) is 111 Å². The van der Waals surface area contributed by atoms with E-state index in [-0.39, 0.29) is 0 Å². The van der Waals surface area contributed by atoms with Crippen LogP contribution in [0.3, 0.4) is 0 Å². The average Bonchev–Trinajstić information content (AvgIpc) is 3.76. The smallest absolute Gasteiger partial charge is 0.164 e. The number of fused-ring (bicyclic) bond motifs is 5. The molecular weight excluding hydrogens is 807 g/mol. The molecule has 0 aliphatic rings. The van der Waals surface area contributed by atoms with Crippen LogP contribution >= 0.6 is 11.3 Å². The first-order chi connectivity index (χ1) is 32.2. The van der Waals surface area contributed by atoms with Crippen LogP contribution in [-0.2, 0) is 0 Å². The average molecular weight is 842 g/mol. The van der Waals surface area contributed by atoms with Crippen LogP contribution in [0.25, 0.3) is 141 Å². The van der Waals surface area contributed by atoms with E-state index >= 15 is 0 Å². The third-order valence-corrected chi connectivity index (χ3v) is 14.6. The van der Waals surface area contributed by atoms with Gasteiger partial charge in [-0.15, -0.1) is 11.3 Å². The predicted molar refractivity (Wildman–Crippen MR) is 276 cm³/mol. The monoisotopic (exact) mass is 841 g/mol. The van der Waals surface area contributed by atoms with Crippen LogP contribution in [0.4, 0.5) is 0 Å². The molecule has 0 bridgehead atoms. The Labute approximate surface area is 377 Å². The summed E-state index contributed by atoms with van der Waals surface area (Å²) in [6.07, 6.45) is 0. The van der Waals surface area contributed by atoms with Crippen molar-refractivity contribution in [1.82, 2.24) is 15.0 Å². The fourth-order valence-corrected chi connectivity index (χ4v) is 11.6. The molecule has 65 heavy (non-hydrogen) atoms. The van der Waals surface area contributed by atoms with E-state index in [4.69, 9.17) is 15.0 Å². The number of nitrogens with zero attached hydrogens (tertiary/aromatic N) is 3. The van der Waals surface area contributed by atoms with Gasteiger partial charge in [0.1, 0.15) is 0 Å². The van der Waals surface area contributed by atoms with E-state index in [1.54, 1.807) is 11.3 Å². The van der Waals surface area contributed by atoms with Crippen LogP contribution in [0.1, 0.15) is 0 Å². The van der Waals surface area contributed by atoms with Gasteiger partial charge in [-0.2, -0.15) is 0 Å². The second kappa shape index (κ2) is 14.1. The largest absolute Gasteiger partial charge is 0.208 e. The minimum atomic E-state index is 0.648. The van der Waals surface area contributed by atoms with Gasteiger partial charge in [0.15, 0.2) is 17.5 Å². The molecular formula is C61H35N3S. The molecule has 2 aromatic heterocycles. The molecule has 300 valence electrons. The zero-order valence-electron chi connectivity index (χ0n) is 35.0. The molecule has 0 amide bonds. The van der Waals surface area contributed by atoms with Gasteiger partial charge in [0, 0.05) is 36.9 Å². The molecule has 0 spiro atoms. The molecule has 0 atom stereocenters. The summed E-state index contributed by atoms with van der Waals surface area (Å²) in [5.74, 6) is 1.97. The lowest BCUT2D eigenvalue weighted by atomic mass is 9.86. The molecule has 14 aromatic rings. The molecule has 14 rings (SSSR count). The number of benzene rings is 11. The Balaban J connectivity index is 0.872. The predicted octanol–water partition coefficient (Wildman–Crippen LogP) is 16.9. The van der Waals surface area contributed by atoms with E-state index in [0.717, 1.165) is 27.8 Å². The lowest BCUT2D eigenvalue weighted by Crippen LogP contribution is -2.00. The normalized spacial score (nSPS) is 12.0. The van der Waals surface area contributed by atoms with E-state index < -0.39 is 0 Å². The maximum atomic E-state index is 5.17. The number of hydrogen-bond acceptors (Lipinski definition) is 4. The lowest BCUT2D eigenvalue weighted by Gasteiger charge is -2.17. The number of aromatic nitrogens is 3. The third-order valence-electron chi connectivity index (χ3n) is 13.4. The van der Waals surface area contributed by atoms with Crippen molar-refractivity contribution in [2.24, 2.45) is 0 Å². The minimum Gasteiger partial charge on any atom is -0.208 e. The summed E-state index contributed by atoms with van der Waals surface area (Å²) in [7, 11) is 0. The molecule has 0 aliphatic carbocycles. The summed E-state index contributed by atoms with van der Waals surface area (Å²) in [5, 5.41) is 17.9. The Kier molecular flexibility index (Phi) is 7.85. The van der Waals surface area contributed by atoms with Crippen molar-refractivity contribution in [2.75, 3.05) is 0 Å². The second-order valence-electron chi connectivity index (χ2n) is 17.1. The molecule has 0 saturated carbocycles. The van der Waals surface area contributed by atoms with Crippen molar-refractivity contribution >= 4 is 96.1 Å². The summed E-state index contributed by atoms with van der Waals surface area (Å²) < 4.78 is 2.47. The highest BCUT2D eigenvalue weighted by Crippen LogP contribution is 2.45. The molecule has 4 heteroatoms. The van der Waals surface area contributed by atoms with Gasteiger partial charge in [-0.25, -0.2) is 15.0 Å². The van der Waals surface area contributed by atoms with Crippen molar-refractivity contribution in [3.05, 3.63) is 212 Å². The van der Waals surface area contributed by atoms with Gasteiger partial charge < -0.3 is 0 Å². The zero-order valence-corrected chi connectivity index (χ0v) is 35.8. The van der Waals surface area contributed by atoms with Crippen molar-refractivity contribution < 1.29 is 0 Å². The molecule has 0 radical (unpaired) electrons. The van der Waals surface area contributed by atoms with E-state index in [0.29, 0.717) is 17.5 Å². The van der Waals surface area contributed by atoms with Crippen LogP contribution in [0, 0.1) is 0 Å². The quantitative estimate of drug-likeness (QED) is 0.162. The molecule has 0 aliphatic heterocycles. The minimum absolute atomic E-state index is 0.648. The number of rotatable bonds is 5. The summed E-state index contributed by atoms with van der Waals surface area (Å²) >= 11 is 1.80. The Morgan fingerprint density at radius 3 is 1.32 bits per heavy atom. The molecule has 0 N–H and O–H groups in total. The van der Waals surface area contributed by atoms with Gasteiger partial charge >= 0.3 is 0 Å². The zero-order chi connectivity index (χ0) is 42.6. The Morgan fingerprint density at radius 2 is 0.692 bits per heavy atom. The maximum absolute atomic E-state index is 5.17. The highest BCUT2D eigenvalue weighted by molar-refractivity contribution is 7.25. The van der Waals surface area contributed by atoms with Crippen molar-refractivity contribution in [3.63, 3.8) is 0 Å². The molecule has 12 aromatic carbocycles. The Bertz CT molecular complexity index is 4200. The van der Waals surface area contributed by atoms with Crippen LogP contribution < -0.4 is 0 Å². The fourth-order valence-electron chi connectivity index (χ4n) is 10.4. The summed E-state index contributed by atoms with van der Waals surface area (Å²) in [6.45, 7) is 0. The van der Waals surface area contributed by atoms with Gasteiger partial charge in [-0.1, -0.05) is 188 Å². The fraction of sp³-hybridized carbons (Fsp3) is 0. The van der Waals surface area contributed by atoms with E-state index in [1.165, 1.54) is 95.9 Å². The first-order valence-electron chi connectivity index (χ1n) is 22.1. The van der Waals surface area contributed by atoms with Crippen molar-refractivity contribution in [3.8, 4) is 56.4 Å². The first-order valence-corrected chi connectivity index (χ1v) is 22.9. The topological polar surface area (TPSA) is 38.7 Å². The first kappa shape index (κ1) is 36.2. The van der Waals surface area contributed by atoms with Crippen molar-refractivity contribution in [1.29, 1.82) is 0 Å². The highest BCUT2D eigenvalue weighted by Gasteiger charge is 2.19. The Hall–Kier alpha value is -8.31. The van der Waals surface area contributed by atoms with Crippen LogP contribution in [0.5, 0.6) is 0 Å². The van der Waals surface area contributed by atoms with E-state index in [9.17, 15) is 0 Å². The Morgan fingerprint density at radius 1 is 0.246 bits per heavy atom. The summed E-state index contributed by atoms with van der Waals surface area (Å²) in [5.41, 5.74) is 7.57. The van der Waals surface area contributed by atoms with Crippen molar-refractivity contribution in [2.45, 2.75) is 0 Å². The van der Waals surface area contributed by atoms with E-state index in [2.05, 4.69) is 194 Å². The van der Waals surface area contributed by atoms with Gasteiger partial charge in [0.05, 0.1) is 0 Å². The lowest BCUT2D eigenvalue weighted by molar-refractivity contribution is 1.08. The second-order valence-corrected chi connectivity index (χ2v) is 18.2. The van der Waals surface area contributed by atoms with Crippen LogP contribution in [0.2, 0.25) is 0 Å². The molecule has 3 nitrogen and oxygen atoms in total. The number of thiophene rings is 1. The SMILES string of the molecule is c1ccc(-c2nc(-c3ccc(-c4ccc(-c5cc6ccc7cccc8c9cccc%10ccc%11cccc(c(c5)c6c78)c%11c%109)cc4)cc3)nc(-c3cccc4sc5ccccc5c34)n2)cc1. The molecule has 0 saturated heterocycles. The number of hydrogen-bond donors (Lipinski definition) is 0. The molecule has 0 fully saturated rings. The summed E-state index contributed by atoms with van der Waals surface area (Å²) in [4.78, 5) is 15.3. The maximum Gasteiger partial charge on any atom is 0.164 e. The van der Waals surface area contributed by atoms with Gasteiger partial charge in [0.25, 0.3) is 0 Å².